The molecule has 1 amide bonds. The van der Waals surface area contributed by atoms with Crippen molar-refractivity contribution in [1.29, 1.82) is 0 Å². The van der Waals surface area contributed by atoms with Crippen LogP contribution < -0.4 is 15.8 Å². The van der Waals surface area contributed by atoms with E-state index in [0.717, 1.165) is 12.1 Å². The third kappa shape index (κ3) is 3.35. The van der Waals surface area contributed by atoms with Gasteiger partial charge in [-0.25, -0.2) is 13.1 Å². The molecule has 21 heavy (non-hydrogen) atoms. The minimum Gasteiger partial charge on any atom is -0.368 e. The second kappa shape index (κ2) is 5.76. The van der Waals surface area contributed by atoms with Gasteiger partial charge in [0.25, 0.3) is 5.69 Å². The Labute approximate surface area is 120 Å². The van der Waals surface area contributed by atoms with Crippen molar-refractivity contribution < 1.29 is 18.1 Å². The number of carbonyl (C=O) groups is 1. The molecular formula is C11H14N4O5S. The highest BCUT2D eigenvalue weighted by molar-refractivity contribution is 7.89. The van der Waals surface area contributed by atoms with E-state index in [2.05, 4.69) is 10.0 Å². The first-order chi connectivity index (χ1) is 9.81. The lowest BCUT2D eigenvalue weighted by Crippen LogP contribution is -2.36. The summed E-state index contributed by atoms with van der Waals surface area (Å²) in [5.41, 5.74) is 4.63. The fourth-order valence-corrected chi connectivity index (χ4v) is 3.58. The Hall–Kier alpha value is -2.04. The lowest BCUT2D eigenvalue weighted by molar-refractivity contribution is -0.387. The Balaban J connectivity index is 2.20. The number of hydrogen-bond acceptors (Lipinski definition) is 6. The lowest BCUT2D eigenvalue weighted by atomic mass is 10.2. The van der Waals surface area contributed by atoms with E-state index in [0.29, 0.717) is 0 Å². The summed E-state index contributed by atoms with van der Waals surface area (Å²) in [5.74, 6) is -0.567. The average Bonchev–Trinajstić information content (AvgIpc) is 2.86. The number of nitrogens with two attached hydrogens (primary N) is 1. The van der Waals surface area contributed by atoms with Crippen LogP contribution in [0.5, 0.6) is 0 Å². The van der Waals surface area contributed by atoms with Crippen molar-refractivity contribution in [2.24, 2.45) is 5.73 Å². The molecule has 0 aliphatic carbocycles. The number of hydrogen-bond donors (Lipinski definition) is 3. The van der Waals surface area contributed by atoms with Crippen LogP contribution in [0.4, 0.5) is 5.69 Å². The minimum atomic E-state index is -4.05. The number of amides is 1. The second-order valence-electron chi connectivity index (χ2n) is 4.64. The quantitative estimate of drug-likeness (QED) is 0.474. The van der Waals surface area contributed by atoms with Crippen molar-refractivity contribution in [2.45, 2.75) is 23.4 Å². The van der Waals surface area contributed by atoms with Crippen molar-refractivity contribution in [1.82, 2.24) is 10.0 Å². The molecule has 114 valence electrons. The monoisotopic (exact) mass is 314 g/mol. The molecule has 0 bridgehead atoms. The largest absolute Gasteiger partial charge is 0.368 e. The van der Waals surface area contributed by atoms with E-state index in [1.165, 1.54) is 12.1 Å². The highest BCUT2D eigenvalue weighted by atomic mass is 32.2. The number of nitro groups is 1. The van der Waals surface area contributed by atoms with Gasteiger partial charge in [0.2, 0.25) is 15.9 Å². The van der Waals surface area contributed by atoms with Crippen LogP contribution in [0.25, 0.3) is 0 Å². The average molecular weight is 314 g/mol. The summed E-state index contributed by atoms with van der Waals surface area (Å²) >= 11 is 0. The second-order valence-corrected chi connectivity index (χ2v) is 6.32. The van der Waals surface area contributed by atoms with E-state index < -0.39 is 43.5 Å². The van der Waals surface area contributed by atoms with Crippen LogP contribution in [0.3, 0.4) is 0 Å². The minimum absolute atomic E-state index is 0.204. The lowest BCUT2D eigenvalue weighted by Gasteiger charge is -2.12. The zero-order valence-electron chi connectivity index (χ0n) is 10.9. The van der Waals surface area contributed by atoms with Crippen LogP contribution >= 0.6 is 0 Å². The third-order valence-electron chi connectivity index (χ3n) is 3.15. The Morgan fingerprint density at radius 2 is 2.10 bits per heavy atom. The number of nitrogens with one attached hydrogen (secondary N) is 2. The summed E-state index contributed by atoms with van der Waals surface area (Å²) in [4.78, 5) is 20.7. The molecule has 0 aromatic heterocycles. The molecule has 0 radical (unpaired) electrons. The fourth-order valence-electron chi connectivity index (χ4n) is 2.16. The number of rotatable bonds is 5. The van der Waals surface area contributed by atoms with Gasteiger partial charge in [-0.1, -0.05) is 12.1 Å². The number of primary amides is 1. The molecule has 1 aromatic carbocycles. The molecule has 0 spiro atoms. The van der Waals surface area contributed by atoms with Crippen LogP contribution in [0, 0.1) is 10.1 Å². The van der Waals surface area contributed by atoms with Gasteiger partial charge in [0.1, 0.15) is 0 Å². The number of benzene rings is 1. The van der Waals surface area contributed by atoms with E-state index in [1.807, 2.05) is 0 Å². The van der Waals surface area contributed by atoms with Gasteiger partial charge in [0.05, 0.1) is 11.0 Å². The van der Waals surface area contributed by atoms with Crippen molar-refractivity contribution in [3.05, 3.63) is 34.4 Å². The standard InChI is InChI=1S/C11H14N4O5S/c12-11(16)8-5-7(6-13-8)14-21(19,20)10-4-2-1-3-9(10)15(17)18/h1-4,7-8,13-14H,5-6H2,(H2,12,16)/t7-,8+/m1/s1. The smallest absolute Gasteiger partial charge is 0.289 e. The van der Waals surface area contributed by atoms with Crippen LogP contribution in [0.15, 0.2) is 29.2 Å². The van der Waals surface area contributed by atoms with Crippen LogP contribution in [-0.2, 0) is 14.8 Å². The molecule has 1 saturated heterocycles. The molecule has 1 heterocycles. The molecule has 9 nitrogen and oxygen atoms in total. The normalized spacial score (nSPS) is 22.1. The summed E-state index contributed by atoms with van der Waals surface area (Å²) < 4.78 is 26.8. The third-order valence-corrected chi connectivity index (χ3v) is 4.72. The number of nitro benzene ring substituents is 1. The first-order valence-electron chi connectivity index (χ1n) is 6.09. The van der Waals surface area contributed by atoms with Gasteiger partial charge < -0.3 is 11.1 Å². The molecule has 1 aliphatic heterocycles. The Morgan fingerprint density at radius 1 is 1.43 bits per heavy atom. The van der Waals surface area contributed by atoms with Crippen LogP contribution in [-0.4, -0.2) is 37.9 Å². The van der Waals surface area contributed by atoms with E-state index in [4.69, 9.17) is 5.73 Å². The summed E-state index contributed by atoms with van der Waals surface area (Å²) in [5, 5.41) is 13.7. The van der Waals surface area contributed by atoms with Gasteiger partial charge in [0, 0.05) is 18.7 Å². The van der Waals surface area contributed by atoms with Gasteiger partial charge in [-0.05, 0) is 12.5 Å². The molecule has 2 atom stereocenters. The molecule has 1 fully saturated rings. The number of nitrogens with zero attached hydrogens (tertiary/aromatic N) is 1. The fraction of sp³-hybridized carbons (Fsp3) is 0.364. The highest BCUT2D eigenvalue weighted by Gasteiger charge is 2.33. The summed E-state index contributed by atoms with van der Waals surface area (Å²) in [6.07, 6.45) is 0.204. The molecule has 0 unspecified atom stereocenters. The number of carbonyl (C=O) groups excluding carboxylic acids is 1. The van der Waals surface area contributed by atoms with E-state index in [1.54, 1.807) is 0 Å². The van der Waals surface area contributed by atoms with Gasteiger partial charge in [-0.3, -0.25) is 14.9 Å². The maximum atomic E-state index is 12.2. The van der Waals surface area contributed by atoms with E-state index >= 15 is 0 Å². The van der Waals surface area contributed by atoms with Crippen molar-refractivity contribution >= 4 is 21.6 Å². The van der Waals surface area contributed by atoms with Gasteiger partial charge in [-0.15, -0.1) is 0 Å². The Bertz CT molecular complexity index is 675. The predicted octanol–water partition coefficient (Wildman–Crippen LogP) is -0.911. The molecule has 1 aromatic rings. The SMILES string of the molecule is NC(=O)[C@@H]1C[C@@H](NS(=O)(=O)c2ccccc2[N+](=O)[O-])CN1. The molecule has 10 heteroatoms. The molecule has 4 N–H and O–H groups in total. The van der Waals surface area contributed by atoms with Gasteiger partial charge >= 0.3 is 0 Å². The maximum Gasteiger partial charge on any atom is 0.289 e. The summed E-state index contributed by atoms with van der Waals surface area (Å²) in [6.45, 7) is 0.230. The molecule has 0 saturated carbocycles. The maximum absolute atomic E-state index is 12.2. The first kappa shape index (κ1) is 15.4. The zero-order chi connectivity index (χ0) is 15.6. The van der Waals surface area contributed by atoms with E-state index in [-0.39, 0.29) is 13.0 Å². The molecule has 1 aliphatic rings. The summed E-state index contributed by atoms with van der Waals surface area (Å²) in [7, 11) is -4.05. The van der Waals surface area contributed by atoms with Gasteiger partial charge in [0.15, 0.2) is 4.90 Å². The Morgan fingerprint density at radius 3 is 2.67 bits per heavy atom. The number of sulfonamides is 1. The first-order valence-corrected chi connectivity index (χ1v) is 7.58. The van der Waals surface area contributed by atoms with Crippen molar-refractivity contribution in [3.8, 4) is 0 Å². The molecular weight excluding hydrogens is 300 g/mol. The topological polar surface area (TPSA) is 144 Å². The summed E-state index contributed by atoms with van der Waals surface area (Å²) in [6, 6.07) is 3.91. The Kier molecular flexibility index (Phi) is 4.21. The zero-order valence-corrected chi connectivity index (χ0v) is 11.7. The van der Waals surface area contributed by atoms with Crippen molar-refractivity contribution in [3.63, 3.8) is 0 Å². The molecule has 2 rings (SSSR count). The highest BCUT2D eigenvalue weighted by Crippen LogP contribution is 2.23. The van der Waals surface area contributed by atoms with Gasteiger partial charge in [-0.2, -0.15) is 0 Å². The van der Waals surface area contributed by atoms with Crippen LogP contribution in [0.2, 0.25) is 0 Å². The van der Waals surface area contributed by atoms with Crippen LogP contribution in [0.1, 0.15) is 6.42 Å². The predicted molar refractivity (Wildman–Crippen MR) is 72.8 cm³/mol. The number of para-hydroxylation sites is 1. The van der Waals surface area contributed by atoms with E-state index in [9.17, 15) is 23.3 Å². The van der Waals surface area contributed by atoms with Crippen molar-refractivity contribution in [2.75, 3.05) is 6.54 Å².